The van der Waals surface area contributed by atoms with Crippen LogP contribution in [0, 0.1) is 17.6 Å². The summed E-state index contributed by atoms with van der Waals surface area (Å²) in [6, 6.07) is 7.65. The molecule has 3 heterocycles. The summed E-state index contributed by atoms with van der Waals surface area (Å²) in [6.45, 7) is 4.28. The molecule has 0 bridgehead atoms. The third kappa shape index (κ3) is 4.50. The van der Waals surface area contributed by atoms with Crippen molar-refractivity contribution in [2.24, 2.45) is 5.92 Å². The Morgan fingerprint density at radius 1 is 1.07 bits per heavy atom. The van der Waals surface area contributed by atoms with Crippen molar-refractivity contribution in [1.82, 2.24) is 9.88 Å². The van der Waals surface area contributed by atoms with Gasteiger partial charge in [0.25, 0.3) is 0 Å². The van der Waals surface area contributed by atoms with Gasteiger partial charge in [-0.3, -0.25) is 4.90 Å². The monoisotopic (exact) mass is 393 g/mol. The van der Waals surface area contributed by atoms with Crippen molar-refractivity contribution in [2.45, 2.75) is 18.9 Å². The van der Waals surface area contributed by atoms with E-state index in [9.17, 15) is 8.78 Å². The van der Waals surface area contributed by atoms with Crippen molar-refractivity contribution in [2.75, 3.05) is 37.7 Å². The third-order valence-corrected chi connectivity index (χ3v) is 5.59. The lowest BCUT2D eigenvalue weighted by molar-refractivity contribution is 0.0726. The fraction of sp³-hybridized carbons (Fsp3) is 0.450. The van der Waals surface area contributed by atoms with Gasteiger partial charge in [0.15, 0.2) is 0 Å². The highest BCUT2D eigenvalue weighted by Crippen LogP contribution is 2.28. The molecule has 0 radical (unpaired) electrons. The van der Waals surface area contributed by atoms with Crippen molar-refractivity contribution in [3.63, 3.8) is 0 Å². The lowest BCUT2D eigenvalue weighted by Crippen LogP contribution is -2.57. The molecule has 0 amide bonds. The summed E-state index contributed by atoms with van der Waals surface area (Å²) >= 11 is 5.93. The second kappa shape index (κ2) is 7.98. The zero-order valence-electron chi connectivity index (χ0n) is 15.0. The van der Waals surface area contributed by atoms with E-state index in [1.54, 1.807) is 6.20 Å². The van der Waals surface area contributed by atoms with Gasteiger partial charge in [0.2, 0.25) is 0 Å². The Morgan fingerprint density at radius 3 is 2.63 bits per heavy atom. The summed E-state index contributed by atoms with van der Waals surface area (Å²) in [7, 11) is 0. The number of hydrogen-bond acceptors (Lipinski definition) is 4. The number of rotatable bonds is 4. The van der Waals surface area contributed by atoms with Gasteiger partial charge >= 0.3 is 0 Å². The van der Waals surface area contributed by atoms with E-state index < -0.39 is 11.6 Å². The molecule has 0 N–H and O–H groups in total. The minimum Gasteiger partial charge on any atom is -0.493 e. The molecular weight excluding hydrogens is 372 g/mol. The number of aromatic nitrogens is 1. The summed E-state index contributed by atoms with van der Waals surface area (Å²) in [5.74, 6) is 0.375. The largest absolute Gasteiger partial charge is 0.493 e. The number of hydrogen-bond donors (Lipinski definition) is 0. The Labute approximate surface area is 162 Å². The quantitative estimate of drug-likeness (QED) is 0.785. The average molecular weight is 394 g/mol. The Hall–Kier alpha value is -1.92. The van der Waals surface area contributed by atoms with Crippen LogP contribution in [-0.2, 0) is 0 Å². The first-order valence-corrected chi connectivity index (χ1v) is 9.64. The number of piperazine rings is 1. The Morgan fingerprint density at radius 2 is 1.89 bits per heavy atom. The smallest absolute Gasteiger partial charge is 0.129 e. The van der Waals surface area contributed by atoms with E-state index in [-0.39, 0.29) is 5.75 Å². The molecule has 2 unspecified atom stereocenters. The number of pyridine rings is 1. The topological polar surface area (TPSA) is 28.6 Å². The summed E-state index contributed by atoms with van der Waals surface area (Å²) in [4.78, 5) is 9.23. The molecule has 0 saturated carbocycles. The fourth-order valence-corrected chi connectivity index (χ4v) is 4.10. The normalized spacial score (nSPS) is 23.1. The highest BCUT2D eigenvalue weighted by Gasteiger charge is 2.33. The van der Waals surface area contributed by atoms with Gasteiger partial charge in [-0.25, -0.2) is 13.8 Å². The van der Waals surface area contributed by atoms with E-state index in [1.807, 2.05) is 12.1 Å². The Bertz CT molecular complexity index is 769. The van der Waals surface area contributed by atoms with Crippen LogP contribution in [0.2, 0.25) is 5.02 Å². The van der Waals surface area contributed by atoms with E-state index in [2.05, 4.69) is 14.8 Å². The van der Waals surface area contributed by atoms with Gasteiger partial charge in [-0.15, -0.1) is 0 Å². The number of anilines is 1. The molecular formula is C20H22ClF2N3O. The first kappa shape index (κ1) is 18.4. The van der Waals surface area contributed by atoms with Crippen molar-refractivity contribution in [3.8, 4) is 5.75 Å². The van der Waals surface area contributed by atoms with Gasteiger partial charge in [0.1, 0.15) is 23.2 Å². The van der Waals surface area contributed by atoms with Crippen LogP contribution >= 0.6 is 11.6 Å². The van der Waals surface area contributed by atoms with E-state index in [4.69, 9.17) is 16.3 Å². The predicted octanol–water partition coefficient (Wildman–Crippen LogP) is 3.99. The Balaban J connectivity index is 1.30. The number of halogens is 3. The Kier molecular flexibility index (Phi) is 5.45. The first-order chi connectivity index (χ1) is 13.1. The molecule has 27 heavy (non-hydrogen) atoms. The second-order valence-corrected chi connectivity index (χ2v) is 7.73. The number of ether oxygens (including phenoxy) is 1. The van der Waals surface area contributed by atoms with Crippen LogP contribution in [0.5, 0.6) is 5.75 Å². The molecule has 7 heteroatoms. The summed E-state index contributed by atoms with van der Waals surface area (Å²) in [6.07, 6.45) is 3.81. The van der Waals surface area contributed by atoms with Gasteiger partial charge < -0.3 is 9.64 Å². The SMILES string of the molecule is Fc1cc(F)cc(OCC2CCC3CN(c4ccc(Cl)cn4)CCN3C2)c1. The maximum absolute atomic E-state index is 13.3. The van der Waals surface area contributed by atoms with E-state index in [0.29, 0.717) is 23.6 Å². The zero-order chi connectivity index (χ0) is 18.8. The summed E-state index contributed by atoms with van der Waals surface area (Å²) < 4.78 is 32.2. The molecule has 2 fully saturated rings. The van der Waals surface area contributed by atoms with Crippen LogP contribution in [0.3, 0.4) is 0 Å². The molecule has 2 aromatic rings. The fourth-order valence-electron chi connectivity index (χ4n) is 3.98. The zero-order valence-corrected chi connectivity index (χ0v) is 15.7. The van der Waals surface area contributed by atoms with Crippen molar-refractivity contribution in [1.29, 1.82) is 0 Å². The lowest BCUT2D eigenvalue weighted by Gasteiger charge is -2.46. The minimum absolute atomic E-state index is 0.258. The maximum atomic E-state index is 13.3. The van der Waals surface area contributed by atoms with Crippen molar-refractivity contribution >= 4 is 17.4 Å². The lowest BCUT2D eigenvalue weighted by atomic mass is 9.91. The van der Waals surface area contributed by atoms with Gasteiger partial charge in [-0.1, -0.05) is 11.6 Å². The molecule has 0 aliphatic carbocycles. The average Bonchev–Trinajstić information content (AvgIpc) is 2.66. The van der Waals surface area contributed by atoms with E-state index in [0.717, 1.165) is 50.9 Å². The highest BCUT2D eigenvalue weighted by molar-refractivity contribution is 6.30. The maximum Gasteiger partial charge on any atom is 0.129 e. The predicted molar refractivity (Wildman–Crippen MR) is 101 cm³/mol. The van der Waals surface area contributed by atoms with Crippen LogP contribution in [-0.4, -0.2) is 48.7 Å². The standard InChI is InChI=1S/C20H22ClF2N3O/c21-15-2-4-20(24-10-15)26-6-5-25-11-14(1-3-18(25)12-26)13-27-19-8-16(22)7-17(23)9-19/h2,4,7-10,14,18H,1,3,5-6,11-13H2. The second-order valence-electron chi connectivity index (χ2n) is 7.29. The van der Waals surface area contributed by atoms with Crippen LogP contribution in [0.25, 0.3) is 0 Å². The number of piperidine rings is 1. The molecule has 4 nitrogen and oxygen atoms in total. The van der Waals surface area contributed by atoms with Crippen molar-refractivity contribution < 1.29 is 13.5 Å². The van der Waals surface area contributed by atoms with Gasteiger partial charge in [-0.2, -0.15) is 0 Å². The van der Waals surface area contributed by atoms with Crippen molar-refractivity contribution in [3.05, 3.63) is 53.2 Å². The molecule has 2 aliphatic heterocycles. The summed E-state index contributed by atoms with van der Waals surface area (Å²) in [5.41, 5.74) is 0. The van der Waals surface area contributed by atoms with Crippen LogP contribution < -0.4 is 9.64 Å². The summed E-state index contributed by atoms with van der Waals surface area (Å²) in [5, 5.41) is 0.649. The van der Waals surface area contributed by atoms with Crippen LogP contribution in [0.4, 0.5) is 14.6 Å². The van der Waals surface area contributed by atoms with Gasteiger partial charge in [0.05, 0.1) is 11.6 Å². The molecule has 1 aromatic carbocycles. The highest BCUT2D eigenvalue weighted by atomic mass is 35.5. The molecule has 1 aromatic heterocycles. The molecule has 2 saturated heterocycles. The first-order valence-electron chi connectivity index (χ1n) is 9.26. The van der Waals surface area contributed by atoms with E-state index >= 15 is 0 Å². The van der Waals surface area contributed by atoms with E-state index in [1.165, 1.54) is 12.1 Å². The number of nitrogens with zero attached hydrogens (tertiary/aromatic N) is 3. The molecule has 144 valence electrons. The number of benzene rings is 1. The minimum atomic E-state index is -0.611. The molecule has 2 aliphatic rings. The molecule has 2 atom stereocenters. The van der Waals surface area contributed by atoms with Crippen LogP contribution in [0.15, 0.2) is 36.5 Å². The van der Waals surface area contributed by atoms with Crippen LogP contribution in [0.1, 0.15) is 12.8 Å². The van der Waals surface area contributed by atoms with Gasteiger partial charge in [-0.05, 0) is 25.0 Å². The molecule has 0 spiro atoms. The molecule has 4 rings (SSSR count). The third-order valence-electron chi connectivity index (χ3n) is 5.36. The van der Waals surface area contributed by atoms with Gasteiger partial charge in [0, 0.05) is 62.5 Å². The number of fused-ring (bicyclic) bond motifs is 1.